The minimum Gasteiger partial charge on any atom is -0.492 e. The number of aliphatic hydroxyl groups is 5. The normalized spacial score (nSPS) is 20.8. The summed E-state index contributed by atoms with van der Waals surface area (Å²) in [5.41, 5.74) is -3.14. The van der Waals surface area contributed by atoms with Crippen LogP contribution in [0.25, 0.3) is 22.6 Å². The number of carbonyl (C=O) groups is 5. The van der Waals surface area contributed by atoms with Gasteiger partial charge in [-0.2, -0.15) is 0 Å². The first-order valence-corrected chi connectivity index (χ1v) is 13.4. The number of hydrogen-bond donors (Lipinski definition) is 5. The molecule has 5 N–H and O–H groups in total. The number of carbonyl (C=O) groups excluding carboxylic acids is 5. The molecule has 1 fully saturated rings. The molecule has 0 aromatic heterocycles. The second-order valence-corrected chi connectivity index (χ2v) is 9.98. The monoisotopic (exact) mass is 649 g/mol. The van der Waals surface area contributed by atoms with Gasteiger partial charge in [0.15, 0.2) is 57.8 Å². The number of hydrogen-bond acceptors (Lipinski definition) is 17. The average molecular weight is 650 g/mol. The number of aliphatic hydroxyl groups excluding tert-OH is 5. The lowest BCUT2D eigenvalue weighted by molar-refractivity contribution is -0.286. The summed E-state index contributed by atoms with van der Waals surface area (Å²) in [4.78, 5) is 78.6. The largest absolute Gasteiger partial charge is 0.513 e. The fourth-order valence-electron chi connectivity index (χ4n) is 4.67. The van der Waals surface area contributed by atoms with Crippen LogP contribution in [0, 0.1) is 0 Å². The molecule has 5 atom stereocenters. The van der Waals surface area contributed by atoms with Gasteiger partial charge >= 0.3 is 6.16 Å². The van der Waals surface area contributed by atoms with E-state index >= 15 is 0 Å². The zero-order chi connectivity index (χ0) is 34.8. The Bertz CT molecular complexity index is 1740. The first kappa shape index (κ1) is 35.8. The quantitative estimate of drug-likeness (QED) is 0.0978. The van der Waals surface area contributed by atoms with Crippen LogP contribution in [-0.4, -0.2) is 111 Å². The van der Waals surface area contributed by atoms with Crippen molar-refractivity contribution in [1.29, 1.82) is 0 Å². The molecule has 0 spiro atoms. The number of methoxy groups -OCH3 is 2. The van der Waals surface area contributed by atoms with E-state index in [1.54, 1.807) is 0 Å². The lowest BCUT2D eigenvalue weighted by Crippen LogP contribution is -2.58. The Morgan fingerprint density at radius 1 is 0.848 bits per heavy atom. The molecule has 0 radical (unpaired) electrons. The third-order valence-electron chi connectivity index (χ3n) is 6.85. The van der Waals surface area contributed by atoms with E-state index in [1.807, 2.05) is 0 Å². The van der Waals surface area contributed by atoms with E-state index in [4.69, 9.17) is 39.4 Å². The highest BCUT2D eigenvalue weighted by atomic mass is 16.7. The van der Waals surface area contributed by atoms with Crippen LogP contribution in [0.5, 0.6) is 11.5 Å². The average Bonchev–Trinajstić information content (AvgIpc) is 2.99. The van der Waals surface area contributed by atoms with Gasteiger partial charge < -0.3 is 48.9 Å². The molecule has 248 valence electrons. The predicted octanol–water partition coefficient (Wildman–Crippen LogP) is 0.0356. The number of nitrogens with zero attached hydrogens (tertiary/aromatic N) is 1. The molecule has 2 aliphatic heterocycles. The molecule has 1 aromatic carbocycles. The Morgan fingerprint density at radius 3 is 1.91 bits per heavy atom. The van der Waals surface area contributed by atoms with E-state index in [1.165, 1.54) is 20.1 Å². The summed E-state index contributed by atoms with van der Waals surface area (Å²) < 4.78 is 25.4. The van der Waals surface area contributed by atoms with Crippen LogP contribution in [0.3, 0.4) is 0 Å². The number of ketones is 4. The van der Waals surface area contributed by atoms with Gasteiger partial charge in [-0.1, -0.05) is 0 Å². The van der Waals surface area contributed by atoms with Crippen molar-refractivity contribution in [3.05, 3.63) is 38.5 Å². The Balaban J connectivity index is 0.000000402. The van der Waals surface area contributed by atoms with E-state index in [0.717, 1.165) is 27.9 Å². The van der Waals surface area contributed by atoms with Crippen molar-refractivity contribution < 1.29 is 72.9 Å². The summed E-state index contributed by atoms with van der Waals surface area (Å²) in [5.74, 6) is -3.46. The van der Waals surface area contributed by atoms with Crippen molar-refractivity contribution in [2.45, 2.75) is 58.4 Å². The standard InChI is InChI=1S/C23H19NO10.C6H12O6/c1-8(25)12-7-13(33-23(30)32-6)17-22(20(12)31-5)34-21-16(11(4)28)19(29)15(10(3)27)14(9(2)26)18(21)24-17;7-1-2-3(8)4(9)5(10)6(11)12-2/h7H,1-6H3;2-11H,1H2/t;2-,3+,4+,5-,6-/m.1/s1. The van der Waals surface area contributed by atoms with Gasteiger partial charge in [0.2, 0.25) is 5.43 Å². The summed E-state index contributed by atoms with van der Waals surface area (Å²) in [6.07, 6.45) is -8.18. The van der Waals surface area contributed by atoms with Crippen LogP contribution >= 0.6 is 0 Å². The molecule has 0 bridgehead atoms. The zero-order valence-electron chi connectivity index (χ0n) is 25.3. The maximum absolute atomic E-state index is 13.1. The van der Waals surface area contributed by atoms with Crippen LogP contribution in [0.1, 0.15) is 69.1 Å². The molecule has 2 heterocycles. The number of ether oxygens (including phenoxy) is 4. The van der Waals surface area contributed by atoms with E-state index < -0.39 is 83.2 Å². The van der Waals surface area contributed by atoms with Crippen LogP contribution < -0.4 is 14.9 Å². The smallest absolute Gasteiger partial charge is 0.492 e. The molecule has 0 saturated carbocycles. The maximum atomic E-state index is 13.1. The highest BCUT2D eigenvalue weighted by Crippen LogP contribution is 2.41. The van der Waals surface area contributed by atoms with Crippen molar-refractivity contribution in [2.24, 2.45) is 0 Å². The minimum atomic E-state index is -1.57. The number of fused-ring (bicyclic) bond motifs is 2. The van der Waals surface area contributed by atoms with Crippen molar-refractivity contribution in [3.63, 3.8) is 0 Å². The predicted molar refractivity (Wildman–Crippen MR) is 152 cm³/mol. The fourth-order valence-corrected chi connectivity index (χ4v) is 4.67. The first-order chi connectivity index (χ1) is 21.5. The minimum absolute atomic E-state index is 0.0577. The highest BCUT2D eigenvalue weighted by Gasteiger charge is 2.42. The molecule has 17 heteroatoms. The molecule has 1 aromatic rings. The lowest BCUT2D eigenvalue weighted by Gasteiger charge is -2.37. The number of benzene rings is 2. The van der Waals surface area contributed by atoms with Gasteiger partial charge in [-0.25, -0.2) is 9.78 Å². The van der Waals surface area contributed by atoms with Crippen LogP contribution in [-0.2, 0) is 9.47 Å². The summed E-state index contributed by atoms with van der Waals surface area (Å²) in [6, 6.07) is 1.17. The molecule has 4 rings (SSSR count). The second-order valence-electron chi connectivity index (χ2n) is 9.98. The maximum Gasteiger partial charge on any atom is 0.513 e. The van der Waals surface area contributed by atoms with Crippen molar-refractivity contribution in [1.82, 2.24) is 4.98 Å². The summed E-state index contributed by atoms with van der Waals surface area (Å²) >= 11 is 0. The van der Waals surface area contributed by atoms with Gasteiger partial charge in [-0.15, -0.1) is 0 Å². The Hall–Kier alpha value is -4.65. The van der Waals surface area contributed by atoms with Crippen LogP contribution in [0.4, 0.5) is 4.79 Å². The van der Waals surface area contributed by atoms with E-state index in [-0.39, 0.29) is 45.2 Å². The van der Waals surface area contributed by atoms with Gasteiger partial charge in [0, 0.05) is 0 Å². The molecule has 46 heavy (non-hydrogen) atoms. The lowest BCUT2D eigenvalue weighted by atomic mass is 9.91. The fraction of sp³-hybridized carbons (Fsp3) is 0.414. The molecule has 1 saturated heterocycles. The SMILES string of the molecule is COC(=O)Oc1cc(C(C)=O)c(OC)c2oc3c(C(C)=O)c(=O)c(C(C)=O)c(C(C)=O)c-3nc12.OC[C@H]1O[C@@H](O)[C@H](O)[C@@H](O)[C@H]1O. The summed E-state index contributed by atoms with van der Waals surface area (Å²) in [7, 11) is 2.31. The van der Waals surface area contributed by atoms with Gasteiger partial charge in [0.1, 0.15) is 35.7 Å². The summed E-state index contributed by atoms with van der Waals surface area (Å²) in [5, 5.41) is 44.7. The van der Waals surface area contributed by atoms with E-state index in [2.05, 4.69) is 14.5 Å². The molecular formula is C29H31NO16. The Labute approximate surface area is 259 Å². The molecule has 0 unspecified atom stereocenters. The summed E-state index contributed by atoms with van der Waals surface area (Å²) in [6.45, 7) is 3.98. The van der Waals surface area contributed by atoms with Crippen molar-refractivity contribution >= 4 is 40.4 Å². The Kier molecular flexibility index (Phi) is 11.1. The van der Waals surface area contributed by atoms with Gasteiger partial charge in [0.05, 0.1) is 37.5 Å². The van der Waals surface area contributed by atoms with Crippen molar-refractivity contribution in [2.75, 3.05) is 20.8 Å². The topological polar surface area (TPSA) is 267 Å². The van der Waals surface area contributed by atoms with Gasteiger partial charge in [0.25, 0.3) is 0 Å². The molecule has 1 aliphatic carbocycles. The Morgan fingerprint density at radius 2 is 1.43 bits per heavy atom. The third-order valence-corrected chi connectivity index (χ3v) is 6.85. The highest BCUT2D eigenvalue weighted by molar-refractivity contribution is 6.15. The van der Waals surface area contributed by atoms with Gasteiger partial charge in [-0.3, -0.25) is 24.0 Å². The van der Waals surface area contributed by atoms with Crippen molar-refractivity contribution in [3.8, 4) is 23.0 Å². The molecular weight excluding hydrogens is 618 g/mol. The number of Topliss-reactive ketones (excluding diaryl/α,β-unsaturated/α-hetero) is 4. The molecule has 3 aliphatic rings. The molecule has 17 nitrogen and oxygen atoms in total. The molecule has 0 amide bonds. The van der Waals surface area contributed by atoms with Crippen LogP contribution in [0.15, 0.2) is 15.3 Å². The van der Waals surface area contributed by atoms with E-state index in [0.29, 0.717) is 0 Å². The zero-order valence-corrected chi connectivity index (χ0v) is 25.3. The number of rotatable bonds is 7. The van der Waals surface area contributed by atoms with E-state index in [9.17, 15) is 28.8 Å². The first-order valence-electron chi connectivity index (χ1n) is 13.4. The number of aromatic nitrogens is 1. The second kappa shape index (κ2) is 14.2. The third kappa shape index (κ3) is 6.64. The van der Waals surface area contributed by atoms with Gasteiger partial charge in [-0.05, 0) is 33.8 Å². The van der Waals surface area contributed by atoms with Crippen LogP contribution in [0.2, 0.25) is 0 Å².